The standard InChI is InChI=1S/C10H22N2/c1-3-10-5-4-8-12(10)9(2)6-7-11/h9-10H,3-8,11H2,1-2H3. The first kappa shape index (κ1) is 10.0. The molecule has 0 amide bonds. The summed E-state index contributed by atoms with van der Waals surface area (Å²) in [5.41, 5.74) is 5.56. The zero-order chi connectivity index (χ0) is 8.97. The number of hydrogen-bond acceptors (Lipinski definition) is 2. The molecule has 2 atom stereocenters. The Balaban J connectivity index is 2.38. The third kappa shape index (κ3) is 2.20. The average molecular weight is 170 g/mol. The fourth-order valence-corrected chi connectivity index (χ4v) is 2.28. The summed E-state index contributed by atoms with van der Waals surface area (Å²) in [6, 6.07) is 1.54. The van der Waals surface area contributed by atoms with Gasteiger partial charge in [-0.25, -0.2) is 0 Å². The Morgan fingerprint density at radius 1 is 1.58 bits per heavy atom. The largest absolute Gasteiger partial charge is 0.330 e. The summed E-state index contributed by atoms with van der Waals surface area (Å²) in [5.74, 6) is 0. The fourth-order valence-electron chi connectivity index (χ4n) is 2.28. The number of likely N-dealkylation sites (tertiary alicyclic amines) is 1. The van der Waals surface area contributed by atoms with Crippen molar-refractivity contribution in [1.29, 1.82) is 0 Å². The molecular weight excluding hydrogens is 148 g/mol. The van der Waals surface area contributed by atoms with Gasteiger partial charge in [-0.2, -0.15) is 0 Å². The number of nitrogens with two attached hydrogens (primary N) is 1. The molecule has 1 fully saturated rings. The SMILES string of the molecule is CCC1CCCN1C(C)CCN. The van der Waals surface area contributed by atoms with Crippen LogP contribution < -0.4 is 5.73 Å². The van der Waals surface area contributed by atoms with Crippen molar-refractivity contribution in [2.24, 2.45) is 5.73 Å². The molecule has 0 saturated carbocycles. The van der Waals surface area contributed by atoms with Gasteiger partial charge in [-0.15, -0.1) is 0 Å². The summed E-state index contributed by atoms with van der Waals surface area (Å²) in [7, 11) is 0. The Morgan fingerprint density at radius 2 is 2.33 bits per heavy atom. The van der Waals surface area contributed by atoms with Crippen molar-refractivity contribution in [2.75, 3.05) is 13.1 Å². The molecule has 0 aliphatic carbocycles. The molecule has 2 nitrogen and oxygen atoms in total. The molecule has 0 aromatic heterocycles. The molecule has 2 unspecified atom stereocenters. The summed E-state index contributed by atoms with van der Waals surface area (Å²) in [4.78, 5) is 2.63. The molecule has 12 heavy (non-hydrogen) atoms. The van der Waals surface area contributed by atoms with E-state index in [0.717, 1.165) is 19.0 Å². The Hall–Kier alpha value is -0.0800. The van der Waals surface area contributed by atoms with E-state index in [0.29, 0.717) is 6.04 Å². The lowest BCUT2D eigenvalue weighted by molar-refractivity contribution is 0.181. The van der Waals surface area contributed by atoms with Crippen LogP contribution in [0.4, 0.5) is 0 Å². The third-order valence-electron chi connectivity index (χ3n) is 3.04. The molecule has 72 valence electrons. The van der Waals surface area contributed by atoms with Crippen LogP contribution in [0.25, 0.3) is 0 Å². The number of nitrogens with zero attached hydrogens (tertiary/aromatic N) is 1. The maximum Gasteiger partial charge on any atom is 0.00959 e. The van der Waals surface area contributed by atoms with Crippen molar-refractivity contribution < 1.29 is 0 Å². The second-order valence-corrected chi connectivity index (χ2v) is 3.87. The third-order valence-corrected chi connectivity index (χ3v) is 3.04. The highest BCUT2D eigenvalue weighted by Gasteiger charge is 2.26. The number of hydrogen-bond donors (Lipinski definition) is 1. The van der Waals surface area contributed by atoms with Gasteiger partial charge < -0.3 is 5.73 Å². The minimum absolute atomic E-state index is 0.697. The van der Waals surface area contributed by atoms with Crippen LogP contribution >= 0.6 is 0 Å². The molecule has 1 heterocycles. The quantitative estimate of drug-likeness (QED) is 0.694. The smallest absolute Gasteiger partial charge is 0.00959 e. The average Bonchev–Trinajstić information content (AvgIpc) is 2.51. The van der Waals surface area contributed by atoms with Crippen molar-refractivity contribution in [3.63, 3.8) is 0 Å². The van der Waals surface area contributed by atoms with Crippen LogP contribution in [0.5, 0.6) is 0 Å². The Kier molecular flexibility index (Phi) is 4.02. The van der Waals surface area contributed by atoms with E-state index in [2.05, 4.69) is 18.7 Å². The molecule has 0 spiro atoms. The lowest BCUT2D eigenvalue weighted by Crippen LogP contribution is -2.38. The lowest BCUT2D eigenvalue weighted by Gasteiger charge is -2.29. The van der Waals surface area contributed by atoms with Gasteiger partial charge in [0.2, 0.25) is 0 Å². The van der Waals surface area contributed by atoms with Crippen LogP contribution in [-0.2, 0) is 0 Å². The Labute approximate surface area is 76.1 Å². The van der Waals surface area contributed by atoms with Crippen molar-refractivity contribution in [3.8, 4) is 0 Å². The molecule has 0 radical (unpaired) electrons. The van der Waals surface area contributed by atoms with E-state index in [1.54, 1.807) is 0 Å². The molecule has 0 aromatic rings. The molecule has 2 heteroatoms. The summed E-state index contributed by atoms with van der Waals surface area (Å²) in [6.45, 7) is 6.72. The normalized spacial score (nSPS) is 27.8. The summed E-state index contributed by atoms with van der Waals surface area (Å²) in [5, 5.41) is 0. The molecule has 1 aliphatic heterocycles. The maximum atomic E-state index is 5.56. The lowest BCUT2D eigenvalue weighted by atomic mass is 10.1. The zero-order valence-electron chi connectivity index (χ0n) is 8.42. The van der Waals surface area contributed by atoms with Gasteiger partial charge in [-0.1, -0.05) is 6.92 Å². The zero-order valence-corrected chi connectivity index (χ0v) is 8.42. The van der Waals surface area contributed by atoms with Crippen molar-refractivity contribution >= 4 is 0 Å². The second kappa shape index (κ2) is 4.83. The summed E-state index contributed by atoms with van der Waals surface area (Å²) < 4.78 is 0. The van der Waals surface area contributed by atoms with Gasteiger partial charge in [0.1, 0.15) is 0 Å². The van der Waals surface area contributed by atoms with Gasteiger partial charge in [-0.05, 0) is 45.7 Å². The van der Waals surface area contributed by atoms with Crippen LogP contribution in [-0.4, -0.2) is 30.1 Å². The monoisotopic (exact) mass is 170 g/mol. The Bertz CT molecular complexity index is 125. The van der Waals surface area contributed by atoms with Gasteiger partial charge in [0.05, 0.1) is 0 Å². The van der Waals surface area contributed by atoms with Gasteiger partial charge in [0.15, 0.2) is 0 Å². The topological polar surface area (TPSA) is 29.3 Å². The number of rotatable bonds is 4. The van der Waals surface area contributed by atoms with E-state index in [4.69, 9.17) is 5.73 Å². The van der Waals surface area contributed by atoms with E-state index in [-0.39, 0.29) is 0 Å². The van der Waals surface area contributed by atoms with Crippen LogP contribution in [0.1, 0.15) is 39.5 Å². The highest BCUT2D eigenvalue weighted by Crippen LogP contribution is 2.23. The van der Waals surface area contributed by atoms with Crippen molar-refractivity contribution in [3.05, 3.63) is 0 Å². The van der Waals surface area contributed by atoms with E-state index in [9.17, 15) is 0 Å². The molecule has 1 rings (SSSR count). The van der Waals surface area contributed by atoms with Gasteiger partial charge in [0, 0.05) is 12.1 Å². The predicted octanol–water partition coefficient (Wildman–Crippen LogP) is 1.60. The van der Waals surface area contributed by atoms with E-state index in [1.807, 2.05) is 0 Å². The van der Waals surface area contributed by atoms with E-state index in [1.165, 1.54) is 25.8 Å². The predicted molar refractivity (Wildman–Crippen MR) is 53.2 cm³/mol. The van der Waals surface area contributed by atoms with Gasteiger partial charge in [-0.3, -0.25) is 4.90 Å². The molecule has 2 N–H and O–H groups in total. The van der Waals surface area contributed by atoms with E-state index >= 15 is 0 Å². The van der Waals surface area contributed by atoms with Crippen LogP contribution in [0, 0.1) is 0 Å². The summed E-state index contributed by atoms with van der Waals surface area (Å²) in [6.07, 6.45) is 5.23. The Morgan fingerprint density at radius 3 is 2.92 bits per heavy atom. The fraction of sp³-hybridized carbons (Fsp3) is 1.00. The minimum Gasteiger partial charge on any atom is -0.330 e. The first-order chi connectivity index (χ1) is 5.79. The van der Waals surface area contributed by atoms with Crippen molar-refractivity contribution in [2.45, 2.75) is 51.6 Å². The highest BCUT2D eigenvalue weighted by molar-refractivity contribution is 4.81. The molecular formula is C10H22N2. The first-order valence-electron chi connectivity index (χ1n) is 5.25. The molecule has 1 saturated heterocycles. The van der Waals surface area contributed by atoms with Crippen LogP contribution in [0.3, 0.4) is 0 Å². The molecule has 1 aliphatic rings. The highest BCUT2D eigenvalue weighted by atomic mass is 15.2. The summed E-state index contributed by atoms with van der Waals surface area (Å²) >= 11 is 0. The molecule has 0 aromatic carbocycles. The van der Waals surface area contributed by atoms with Crippen LogP contribution in [0.2, 0.25) is 0 Å². The second-order valence-electron chi connectivity index (χ2n) is 3.87. The van der Waals surface area contributed by atoms with Crippen LogP contribution in [0.15, 0.2) is 0 Å². The first-order valence-corrected chi connectivity index (χ1v) is 5.25. The minimum atomic E-state index is 0.697. The van der Waals surface area contributed by atoms with Gasteiger partial charge >= 0.3 is 0 Å². The van der Waals surface area contributed by atoms with E-state index < -0.39 is 0 Å². The maximum absolute atomic E-state index is 5.56. The van der Waals surface area contributed by atoms with Gasteiger partial charge in [0.25, 0.3) is 0 Å². The molecule has 0 bridgehead atoms. The van der Waals surface area contributed by atoms with Crippen molar-refractivity contribution in [1.82, 2.24) is 4.90 Å².